The number of ketones is 3. The Morgan fingerprint density at radius 1 is 0.892 bits per heavy atom. The zero-order valence-electron chi connectivity index (χ0n) is 21.2. The number of aliphatic hydroxyl groups excluding tert-OH is 1. The standard InChI is InChI=1S/C31H30O6/c1-17(14-27(34)35)12-13-26(33)21-9-5-4-8-20(21)16-24-28(19(3)32)18(2)15-25-29(24)31(37)23-11-7-6-10-22(23)30(25)36/h4-11,15,17,26,33H,12-14,16H2,1-3H3,(H,34,35). The van der Waals surface area contributed by atoms with Crippen molar-refractivity contribution in [3.8, 4) is 0 Å². The van der Waals surface area contributed by atoms with Crippen LogP contribution in [0.15, 0.2) is 54.6 Å². The molecule has 2 unspecified atom stereocenters. The van der Waals surface area contributed by atoms with Gasteiger partial charge in [0.2, 0.25) is 0 Å². The van der Waals surface area contributed by atoms with E-state index in [1.165, 1.54) is 6.92 Å². The highest BCUT2D eigenvalue weighted by atomic mass is 16.4. The Morgan fingerprint density at radius 2 is 1.51 bits per heavy atom. The second-order valence-corrected chi connectivity index (χ2v) is 9.90. The summed E-state index contributed by atoms with van der Waals surface area (Å²) in [5.41, 5.74) is 4.16. The SMILES string of the molecule is CC(=O)c1c(C)cc2c(c1Cc1ccccc1C(O)CCC(C)CC(=O)O)C(=O)c1ccccc1C2=O. The number of aliphatic hydroxyl groups is 1. The van der Waals surface area contributed by atoms with Gasteiger partial charge in [0.15, 0.2) is 17.3 Å². The molecule has 6 heteroatoms. The van der Waals surface area contributed by atoms with E-state index in [2.05, 4.69) is 0 Å². The molecule has 0 amide bonds. The smallest absolute Gasteiger partial charge is 0.303 e. The van der Waals surface area contributed by atoms with Gasteiger partial charge in [0.25, 0.3) is 0 Å². The Balaban J connectivity index is 1.78. The fraction of sp³-hybridized carbons (Fsp3) is 0.290. The van der Waals surface area contributed by atoms with Gasteiger partial charge in [-0.25, -0.2) is 0 Å². The van der Waals surface area contributed by atoms with Crippen LogP contribution in [0.2, 0.25) is 0 Å². The predicted octanol–water partition coefficient (Wildman–Crippen LogP) is 5.49. The van der Waals surface area contributed by atoms with Crippen LogP contribution in [-0.2, 0) is 11.2 Å². The summed E-state index contributed by atoms with van der Waals surface area (Å²) in [7, 11) is 0. The molecule has 0 aliphatic heterocycles. The molecule has 1 aliphatic rings. The first-order valence-electron chi connectivity index (χ1n) is 12.4. The van der Waals surface area contributed by atoms with Gasteiger partial charge in [0.1, 0.15) is 0 Å². The van der Waals surface area contributed by atoms with Crippen LogP contribution < -0.4 is 0 Å². The molecule has 0 heterocycles. The second-order valence-electron chi connectivity index (χ2n) is 9.90. The second kappa shape index (κ2) is 10.6. The number of hydrogen-bond acceptors (Lipinski definition) is 5. The monoisotopic (exact) mass is 498 g/mol. The maximum absolute atomic E-state index is 13.7. The van der Waals surface area contributed by atoms with E-state index in [0.29, 0.717) is 51.8 Å². The maximum atomic E-state index is 13.7. The fourth-order valence-corrected chi connectivity index (χ4v) is 5.36. The number of rotatable bonds is 9. The lowest BCUT2D eigenvalue weighted by molar-refractivity contribution is -0.138. The molecule has 0 spiro atoms. The summed E-state index contributed by atoms with van der Waals surface area (Å²) >= 11 is 0. The van der Waals surface area contributed by atoms with Gasteiger partial charge in [-0.05, 0) is 67.3 Å². The molecule has 2 N–H and O–H groups in total. The highest BCUT2D eigenvalue weighted by molar-refractivity contribution is 6.29. The van der Waals surface area contributed by atoms with E-state index in [-0.39, 0.29) is 41.7 Å². The van der Waals surface area contributed by atoms with Crippen molar-refractivity contribution >= 4 is 23.3 Å². The third-order valence-corrected chi connectivity index (χ3v) is 7.11. The van der Waals surface area contributed by atoms with Crippen LogP contribution in [0.4, 0.5) is 0 Å². The molecular formula is C31H30O6. The summed E-state index contributed by atoms with van der Waals surface area (Å²) in [6.07, 6.45) is 0.291. The van der Waals surface area contributed by atoms with Gasteiger partial charge in [0, 0.05) is 34.2 Å². The normalized spacial score (nSPS) is 14.1. The Hall–Kier alpha value is -3.90. The summed E-state index contributed by atoms with van der Waals surface area (Å²) in [5.74, 6) is -1.69. The van der Waals surface area contributed by atoms with Crippen molar-refractivity contribution in [1.29, 1.82) is 0 Å². The summed E-state index contributed by atoms with van der Waals surface area (Å²) in [4.78, 5) is 50.8. The lowest BCUT2D eigenvalue weighted by Gasteiger charge is -2.24. The van der Waals surface area contributed by atoms with Gasteiger partial charge in [-0.2, -0.15) is 0 Å². The molecule has 0 radical (unpaired) electrons. The predicted molar refractivity (Wildman–Crippen MR) is 139 cm³/mol. The van der Waals surface area contributed by atoms with Crippen LogP contribution in [0.25, 0.3) is 0 Å². The topological polar surface area (TPSA) is 109 Å². The number of aryl methyl sites for hydroxylation is 1. The minimum atomic E-state index is -0.871. The molecule has 190 valence electrons. The highest BCUT2D eigenvalue weighted by Crippen LogP contribution is 2.36. The number of benzene rings is 3. The Bertz CT molecular complexity index is 1420. The summed E-state index contributed by atoms with van der Waals surface area (Å²) in [6, 6.07) is 15.6. The third-order valence-electron chi connectivity index (χ3n) is 7.11. The third kappa shape index (κ3) is 5.16. The van der Waals surface area contributed by atoms with Crippen molar-refractivity contribution in [3.05, 3.63) is 105 Å². The number of carbonyl (C=O) groups excluding carboxylic acids is 3. The quantitative estimate of drug-likeness (QED) is 0.296. The van der Waals surface area contributed by atoms with E-state index >= 15 is 0 Å². The average molecular weight is 499 g/mol. The largest absolute Gasteiger partial charge is 0.481 e. The number of carboxylic acids is 1. The lowest BCUT2D eigenvalue weighted by Crippen LogP contribution is -2.25. The van der Waals surface area contributed by atoms with E-state index in [4.69, 9.17) is 5.11 Å². The minimum Gasteiger partial charge on any atom is -0.481 e. The van der Waals surface area contributed by atoms with Crippen molar-refractivity contribution in [2.24, 2.45) is 5.92 Å². The summed E-state index contributed by atoms with van der Waals surface area (Å²) in [5, 5.41) is 20.0. The van der Waals surface area contributed by atoms with Crippen molar-refractivity contribution in [2.45, 2.75) is 52.6 Å². The fourth-order valence-electron chi connectivity index (χ4n) is 5.36. The molecule has 3 aromatic carbocycles. The average Bonchev–Trinajstić information content (AvgIpc) is 2.85. The van der Waals surface area contributed by atoms with Crippen LogP contribution in [0, 0.1) is 12.8 Å². The van der Waals surface area contributed by atoms with Gasteiger partial charge < -0.3 is 10.2 Å². The highest BCUT2D eigenvalue weighted by Gasteiger charge is 2.34. The van der Waals surface area contributed by atoms with Crippen molar-refractivity contribution in [1.82, 2.24) is 0 Å². The number of carboxylic acid groups (broad SMARTS) is 1. The van der Waals surface area contributed by atoms with E-state index < -0.39 is 12.1 Å². The molecule has 0 fully saturated rings. The Kier molecular flexibility index (Phi) is 7.50. The summed E-state index contributed by atoms with van der Waals surface area (Å²) < 4.78 is 0. The molecule has 6 nitrogen and oxygen atoms in total. The van der Waals surface area contributed by atoms with E-state index in [1.54, 1.807) is 43.3 Å². The molecule has 0 saturated carbocycles. The summed E-state index contributed by atoms with van der Waals surface area (Å²) in [6.45, 7) is 5.06. The zero-order chi connectivity index (χ0) is 26.9. The lowest BCUT2D eigenvalue weighted by atomic mass is 9.77. The van der Waals surface area contributed by atoms with Gasteiger partial charge in [-0.15, -0.1) is 0 Å². The minimum absolute atomic E-state index is 0.0311. The van der Waals surface area contributed by atoms with Crippen LogP contribution in [0.1, 0.15) is 104 Å². The van der Waals surface area contributed by atoms with E-state index in [9.17, 15) is 24.3 Å². The number of fused-ring (bicyclic) bond motifs is 2. The molecule has 4 rings (SSSR count). The van der Waals surface area contributed by atoms with Crippen molar-refractivity contribution in [2.75, 3.05) is 0 Å². The van der Waals surface area contributed by atoms with Gasteiger partial charge in [-0.3, -0.25) is 19.2 Å². The van der Waals surface area contributed by atoms with Crippen LogP contribution in [0.3, 0.4) is 0 Å². The van der Waals surface area contributed by atoms with Crippen LogP contribution in [-0.4, -0.2) is 33.5 Å². The van der Waals surface area contributed by atoms with Crippen molar-refractivity contribution in [3.63, 3.8) is 0 Å². The Morgan fingerprint density at radius 3 is 2.16 bits per heavy atom. The molecule has 0 aromatic heterocycles. The molecule has 2 atom stereocenters. The molecular weight excluding hydrogens is 468 g/mol. The van der Waals surface area contributed by atoms with Gasteiger partial charge in [0.05, 0.1) is 6.10 Å². The van der Waals surface area contributed by atoms with Crippen LogP contribution >= 0.6 is 0 Å². The van der Waals surface area contributed by atoms with Gasteiger partial charge >= 0.3 is 5.97 Å². The number of carbonyl (C=O) groups is 4. The molecule has 0 saturated heterocycles. The zero-order valence-corrected chi connectivity index (χ0v) is 21.2. The molecule has 3 aromatic rings. The van der Waals surface area contributed by atoms with Crippen molar-refractivity contribution < 1.29 is 29.4 Å². The van der Waals surface area contributed by atoms with E-state index in [1.807, 2.05) is 25.1 Å². The molecule has 1 aliphatic carbocycles. The number of aliphatic carboxylic acids is 1. The van der Waals surface area contributed by atoms with Crippen LogP contribution in [0.5, 0.6) is 0 Å². The number of hydrogen-bond donors (Lipinski definition) is 2. The van der Waals surface area contributed by atoms with Gasteiger partial charge in [-0.1, -0.05) is 55.5 Å². The molecule has 0 bridgehead atoms. The number of Topliss-reactive ketones (excluding diaryl/α,β-unsaturated/α-hetero) is 1. The first-order valence-corrected chi connectivity index (χ1v) is 12.4. The first-order chi connectivity index (χ1) is 17.6. The maximum Gasteiger partial charge on any atom is 0.303 e. The Labute approximate surface area is 216 Å². The molecule has 37 heavy (non-hydrogen) atoms. The van der Waals surface area contributed by atoms with E-state index in [0.717, 1.165) is 5.56 Å². The first kappa shape index (κ1) is 26.2.